The van der Waals surface area contributed by atoms with Crippen LogP contribution >= 0.6 is 0 Å². The zero-order chi connectivity index (χ0) is 22.8. The molecule has 0 aliphatic carbocycles. The maximum atomic E-state index is 12.2. The van der Waals surface area contributed by atoms with Crippen molar-refractivity contribution in [2.24, 2.45) is 0 Å². The van der Waals surface area contributed by atoms with Gasteiger partial charge in [-0.15, -0.1) is 0 Å². The van der Waals surface area contributed by atoms with Crippen molar-refractivity contribution in [2.75, 3.05) is 0 Å². The van der Waals surface area contributed by atoms with Gasteiger partial charge in [0.15, 0.2) is 0 Å². The molecule has 0 aromatic heterocycles. The van der Waals surface area contributed by atoms with Gasteiger partial charge in [-0.1, -0.05) is 22.3 Å². The Labute approximate surface area is 172 Å². The van der Waals surface area contributed by atoms with Crippen LogP contribution in [0.4, 0.5) is 0 Å². The molecule has 0 unspecified atom stereocenters. The van der Waals surface area contributed by atoms with Crippen LogP contribution in [0.1, 0.15) is 55.4 Å². The van der Waals surface area contributed by atoms with E-state index in [0.29, 0.717) is 22.3 Å². The molecule has 0 heterocycles. The molecule has 29 heavy (non-hydrogen) atoms. The van der Waals surface area contributed by atoms with Crippen LogP contribution in [0.25, 0.3) is 0 Å². The molecule has 0 radical (unpaired) electrons. The summed E-state index contributed by atoms with van der Waals surface area (Å²) >= 11 is 0. The summed E-state index contributed by atoms with van der Waals surface area (Å²) in [7, 11) is -4.89. The van der Waals surface area contributed by atoms with Crippen molar-refractivity contribution in [1.29, 1.82) is 0 Å². The summed E-state index contributed by atoms with van der Waals surface area (Å²) < 4.78 is 20.4. The Morgan fingerprint density at radius 3 is 0.759 bits per heavy atom. The van der Waals surface area contributed by atoms with Gasteiger partial charge in [-0.25, -0.2) is 19.2 Å². The minimum atomic E-state index is -4.89. The molecule has 0 spiro atoms. The van der Waals surface area contributed by atoms with Gasteiger partial charge in [-0.3, -0.25) is 0 Å². The van der Waals surface area contributed by atoms with Gasteiger partial charge in [0.1, 0.15) is 0 Å². The molecule has 0 aliphatic rings. The minimum absolute atomic E-state index is 0.569. The van der Waals surface area contributed by atoms with Crippen molar-refractivity contribution in [1.82, 2.24) is 0 Å². The third-order valence-corrected chi connectivity index (χ3v) is 4.33. The molecule has 0 aliphatic heterocycles. The summed E-state index contributed by atoms with van der Waals surface area (Å²) in [6.07, 6.45) is 4.33. The number of carbonyl (C=O) groups excluding carboxylic acids is 4. The van der Waals surface area contributed by atoms with E-state index in [9.17, 15) is 19.2 Å². The molecule has 0 saturated carbocycles. The summed E-state index contributed by atoms with van der Waals surface area (Å²) in [5.74, 6) is -3.96. The fourth-order valence-corrected chi connectivity index (χ4v) is 3.15. The van der Waals surface area contributed by atoms with Gasteiger partial charge in [-0.05, 0) is 55.4 Å². The van der Waals surface area contributed by atoms with Crippen LogP contribution in [0.15, 0.2) is 46.6 Å². The highest BCUT2D eigenvalue weighted by Gasteiger charge is 2.62. The zero-order valence-corrected chi connectivity index (χ0v) is 19.1. The highest BCUT2D eigenvalue weighted by molar-refractivity contribution is 6.61. The SMILES string of the molecule is CC(C)=CC(=O)O[Si](OC(=O)C=C(C)C)(OC(=O)C=C(C)C)OC(=O)C=C(C)C. The van der Waals surface area contributed by atoms with Gasteiger partial charge >= 0.3 is 32.9 Å². The summed E-state index contributed by atoms with van der Waals surface area (Å²) in [4.78, 5) is 48.8. The lowest BCUT2D eigenvalue weighted by molar-refractivity contribution is -0.156. The lowest BCUT2D eigenvalue weighted by Gasteiger charge is -2.23. The Morgan fingerprint density at radius 2 is 0.621 bits per heavy atom. The topological polar surface area (TPSA) is 105 Å². The minimum Gasteiger partial charge on any atom is -0.419 e. The molecule has 0 atom stereocenters. The van der Waals surface area contributed by atoms with Gasteiger partial charge in [0.2, 0.25) is 0 Å². The predicted molar refractivity (Wildman–Crippen MR) is 108 cm³/mol. The van der Waals surface area contributed by atoms with Crippen molar-refractivity contribution in [3.8, 4) is 0 Å². The van der Waals surface area contributed by atoms with Crippen LogP contribution in [-0.2, 0) is 36.9 Å². The quantitative estimate of drug-likeness (QED) is 0.431. The van der Waals surface area contributed by atoms with Crippen LogP contribution in [0, 0.1) is 0 Å². The average Bonchev–Trinajstić information content (AvgIpc) is 2.41. The van der Waals surface area contributed by atoms with Gasteiger partial charge in [0.25, 0.3) is 0 Å². The fraction of sp³-hybridized carbons (Fsp3) is 0.400. The molecule has 0 rings (SSSR count). The highest BCUT2D eigenvalue weighted by atomic mass is 28.4. The molecular formula is C20H28O8Si. The number of carbonyl (C=O) groups is 4. The first-order chi connectivity index (χ1) is 13.2. The third-order valence-electron chi connectivity index (χ3n) is 2.53. The molecule has 9 heteroatoms. The Morgan fingerprint density at radius 1 is 0.448 bits per heavy atom. The van der Waals surface area contributed by atoms with Crippen molar-refractivity contribution in [3.05, 3.63) is 46.6 Å². The van der Waals surface area contributed by atoms with E-state index in [1.165, 1.54) is 0 Å². The molecular weight excluding hydrogens is 396 g/mol. The van der Waals surface area contributed by atoms with Gasteiger partial charge < -0.3 is 17.7 Å². The van der Waals surface area contributed by atoms with Gasteiger partial charge in [0.05, 0.1) is 0 Å². The van der Waals surface area contributed by atoms with E-state index in [2.05, 4.69) is 0 Å². The van der Waals surface area contributed by atoms with E-state index >= 15 is 0 Å². The Balaban J connectivity index is 6.25. The first-order valence-corrected chi connectivity index (χ1v) is 10.4. The Bertz CT molecular complexity index is 637. The first-order valence-electron chi connectivity index (χ1n) is 8.76. The molecule has 0 amide bonds. The lowest BCUT2D eigenvalue weighted by Crippen LogP contribution is -2.53. The van der Waals surface area contributed by atoms with E-state index < -0.39 is 32.9 Å². The van der Waals surface area contributed by atoms with Crippen LogP contribution in [0.2, 0.25) is 0 Å². The van der Waals surface area contributed by atoms with E-state index in [0.717, 1.165) is 24.3 Å². The van der Waals surface area contributed by atoms with Crippen LogP contribution in [0.3, 0.4) is 0 Å². The zero-order valence-electron chi connectivity index (χ0n) is 18.1. The smallest absolute Gasteiger partial charge is 0.419 e. The summed E-state index contributed by atoms with van der Waals surface area (Å²) in [5, 5.41) is 0. The normalized spacial score (nSPS) is 9.93. The summed E-state index contributed by atoms with van der Waals surface area (Å²) in [6.45, 7) is 13.0. The Kier molecular flexibility index (Phi) is 10.6. The second kappa shape index (κ2) is 11.8. The molecule has 0 aromatic rings. The van der Waals surface area contributed by atoms with Crippen LogP contribution in [-0.4, -0.2) is 32.9 Å². The summed E-state index contributed by atoms with van der Waals surface area (Å²) in [6, 6.07) is 0. The van der Waals surface area contributed by atoms with Crippen LogP contribution < -0.4 is 0 Å². The molecule has 0 saturated heterocycles. The van der Waals surface area contributed by atoms with Crippen molar-refractivity contribution in [3.63, 3.8) is 0 Å². The number of hydrogen-bond donors (Lipinski definition) is 0. The monoisotopic (exact) mass is 424 g/mol. The molecule has 0 N–H and O–H groups in total. The first kappa shape index (κ1) is 26.1. The lowest BCUT2D eigenvalue weighted by atomic mass is 10.3. The third kappa shape index (κ3) is 12.2. The van der Waals surface area contributed by atoms with Crippen molar-refractivity contribution >= 4 is 32.9 Å². The molecule has 8 nitrogen and oxygen atoms in total. The second-order valence-corrected chi connectivity index (χ2v) is 8.89. The molecule has 0 fully saturated rings. The van der Waals surface area contributed by atoms with Crippen molar-refractivity contribution < 1.29 is 36.9 Å². The highest BCUT2D eigenvalue weighted by Crippen LogP contribution is 2.17. The summed E-state index contributed by atoms with van der Waals surface area (Å²) in [5.41, 5.74) is 2.28. The van der Waals surface area contributed by atoms with E-state index in [1.54, 1.807) is 55.4 Å². The van der Waals surface area contributed by atoms with Crippen molar-refractivity contribution in [2.45, 2.75) is 55.4 Å². The molecule has 0 aromatic carbocycles. The van der Waals surface area contributed by atoms with E-state index in [-0.39, 0.29) is 0 Å². The number of rotatable bonds is 8. The van der Waals surface area contributed by atoms with E-state index in [1.807, 2.05) is 0 Å². The largest absolute Gasteiger partial charge is 0.975 e. The van der Waals surface area contributed by atoms with Gasteiger partial charge in [-0.2, -0.15) is 0 Å². The second-order valence-electron chi connectivity index (χ2n) is 7.07. The van der Waals surface area contributed by atoms with E-state index in [4.69, 9.17) is 17.7 Å². The maximum Gasteiger partial charge on any atom is 0.975 e. The molecule has 0 bridgehead atoms. The van der Waals surface area contributed by atoms with Crippen LogP contribution in [0.5, 0.6) is 0 Å². The Hall–Kier alpha value is -2.94. The number of allylic oxidation sites excluding steroid dienone is 4. The maximum absolute atomic E-state index is 12.2. The number of hydrogen-bond acceptors (Lipinski definition) is 8. The fourth-order valence-electron chi connectivity index (χ4n) is 1.68. The molecule has 160 valence electrons. The average molecular weight is 425 g/mol. The standard InChI is InChI=1S/C20H28O8Si/c1-13(2)9-17(21)25-29(26-18(22)10-14(3)4,27-19(23)11-15(5)6)28-20(24)12-16(7)8/h9-12H,1-8H3. The van der Waals surface area contributed by atoms with Gasteiger partial charge in [0, 0.05) is 24.3 Å². The predicted octanol–water partition coefficient (Wildman–Crippen LogP) is 3.46.